The van der Waals surface area contributed by atoms with Crippen molar-refractivity contribution in [2.45, 2.75) is 20.3 Å². The Balaban J connectivity index is 1.60. The number of halogens is 2. The Kier molecular flexibility index (Phi) is 7.32. The molecule has 0 aromatic heterocycles. The lowest BCUT2D eigenvalue weighted by molar-refractivity contribution is 0.332. The van der Waals surface area contributed by atoms with E-state index >= 15 is 0 Å². The Morgan fingerprint density at radius 3 is 2.67 bits per heavy atom. The molecule has 0 amide bonds. The van der Waals surface area contributed by atoms with Gasteiger partial charge in [-0.3, -0.25) is 4.99 Å². The van der Waals surface area contributed by atoms with Crippen LogP contribution in [0.1, 0.15) is 20.3 Å². The van der Waals surface area contributed by atoms with Gasteiger partial charge >= 0.3 is 0 Å². The maximum absolute atomic E-state index is 13.5. The number of rotatable bonds is 8. The van der Waals surface area contributed by atoms with Gasteiger partial charge in [0.15, 0.2) is 17.6 Å². The molecular formula is C22H28F2N4O2. The number of hydrogen-bond acceptors (Lipinski definition) is 4. The molecule has 2 aromatic rings. The van der Waals surface area contributed by atoms with Crippen molar-refractivity contribution in [2.24, 2.45) is 16.6 Å². The first-order valence-electron chi connectivity index (χ1n) is 10.2. The first-order valence-corrected chi connectivity index (χ1v) is 10.2. The van der Waals surface area contributed by atoms with E-state index in [0.29, 0.717) is 49.2 Å². The minimum absolute atomic E-state index is 0.277. The van der Waals surface area contributed by atoms with Crippen molar-refractivity contribution >= 4 is 17.3 Å². The van der Waals surface area contributed by atoms with Crippen molar-refractivity contribution < 1.29 is 18.3 Å². The number of aliphatic imine (C=N–C) groups is 1. The van der Waals surface area contributed by atoms with Crippen molar-refractivity contribution in [1.29, 1.82) is 0 Å². The van der Waals surface area contributed by atoms with E-state index in [1.807, 2.05) is 36.9 Å². The average Bonchev–Trinajstić information content (AvgIpc) is 3.20. The molecule has 1 heterocycles. The molecule has 8 heteroatoms. The zero-order chi connectivity index (χ0) is 21.5. The predicted octanol–water partition coefficient (Wildman–Crippen LogP) is 4.02. The predicted molar refractivity (Wildman–Crippen MR) is 116 cm³/mol. The van der Waals surface area contributed by atoms with Crippen LogP contribution in [0.3, 0.4) is 0 Å². The second-order valence-electron chi connectivity index (χ2n) is 7.07. The Hall–Kier alpha value is -3.03. The van der Waals surface area contributed by atoms with Gasteiger partial charge in [0.05, 0.1) is 18.9 Å². The molecule has 3 rings (SSSR count). The van der Waals surface area contributed by atoms with E-state index < -0.39 is 11.6 Å². The van der Waals surface area contributed by atoms with Crippen LogP contribution in [0.4, 0.5) is 20.2 Å². The molecular weight excluding hydrogens is 390 g/mol. The topological polar surface area (TPSA) is 72.1 Å². The Bertz CT molecular complexity index is 891. The van der Waals surface area contributed by atoms with Crippen LogP contribution in [0.5, 0.6) is 11.5 Å². The molecule has 6 nitrogen and oxygen atoms in total. The van der Waals surface area contributed by atoms with E-state index in [0.717, 1.165) is 19.0 Å². The average molecular weight is 418 g/mol. The molecule has 1 atom stereocenters. The summed E-state index contributed by atoms with van der Waals surface area (Å²) >= 11 is 0. The van der Waals surface area contributed by atoms with Crippen LogP contribution in [0.25, 0.3) is 0 Å². The largest absolute Gasteiger partial charge is 0.494 e. The molecule has 0 spiro atoms. The van der Waals surface area contributed by atoms with Gasteiger partial charge in [-0.05, 0) is 50.5 Å². The first-order chi connectivity index (χ1) is 14.5. The van der Waals surface area contributed by atoms with E-state index in [4.69, 9.17) is 15.2 Å². The quantitative estimate of drug-likeness (QED) is 0.501. The number of nitrogens with zero attached hydrogens (tertiary/aromatic N) is 2. The molecule has 2 aromatic carbocycles. The molecule has 1 unspecified atom stereocenters. The van der Waals surface area contributed by atoms with Crippen molar-refractivity contribution in [1.82, 2.24) is 0 Å². The lowest BCUT2D eigenvalue weighted by Gasteiger charge is -2.18. The summed E-state index contributed by atoms with van der Waals surface area (Å²) in [4.78, 5) is 6.50. The Morgan fingerprint density at radius 1 is 1.13 bits per heavy atom. The zero-order valence-electron chi connectivity index (χ0n) is 17.3. The van der Waals surface area contributed by atoms with Crippen LogP contribution >= 0.6 is 0 Å². The second-order valence-corrected chi connectivity index (χ2v) is 7.07. The van der Waals surface area contributed by atoms with E-state index in [9.17, 15) is 8.78 Å². The molecule has 3 N–H and O–H groups in total. The van der Waals surface area contributed by atoms with E-state index in [1.165, 1.54) is 6.07 Å². The van der Waals surface area contributed by atoms with Gasteiger partial charge in [0.25, 0.3) is 0 Å². The molecule has 1 fully saturated rings. The maximum atomic E-state index is 13.5. The first kappa shape index (κ1) is 21.7. The Labute approximate surface area is 175 Å². The highest BCUT2D eigenvalue weighted by atomic mass is 19.2. The number of anilines is 2. The Morgan fingerprint density at radius 2 is 1.93 bits per heavy atom. The number of ether oxygens (including phenoxy) is 2. The third kappa shape index (κ3) is 5.52. The lowest BCUT2D eigenvalue weighted by Crippen LogP contribution is -2.25. The van der Waals surface area contributed by atoms with Crippen LogP contribution in [-0.4, -0.2) is 38.8 Å². The van der Waals surface area contributed by atoms with Gasteiger partial charge in [-0.1, -0.05) is 0 Å². The summed E-state index contributed by atoms with van der Waals surface area (Å²) < 4.78 is 37.8. The van der Waals surface area contributed by atoms with Crippen LogP contribution in [0, 0.1) is 17.6 Å². The number of benzene rings is 2. The minimum atomic E-state index is -0.835. The van der Waals surface area contributed by atoms with Crippen LogP contribution in [0.15, 0.2) is 41.4 Å². The van der Waals surface area contributed by atoms with Crippen LogP contribution < -0.4 is 25.4 Å². The van der Waals surface area contributed by atoms with Crippen molar-refractivity contribution in [2.75, 3.05) is 43.1 Å². The molecule has 30 heavy (non-hydrogen) atoms. The number of nitrogens with one attached hydrogen (secondary N) is 1. The number of guanidine groups is 1. The summed E-state index contributed by atoms with van der Waals surface area (Å²) in [5.41, 5.74) is 7.47. The van der Waals surface area contributed by atoms with Gasteiger partial charge in [0.2, 0.25) is 0 Å². The highest BCUT2D eigenvalue weighted by Gasteiger charge is 2.23. The second kappa shape index (κ2) is 10.1. The summed E-state index contributed by atoms with van der Waals surface area (Å²) in [5.74, 6) is 0.286. The SMILES string of the molecule is CCOc1ccc(OCC)c(NC(N)=NCC2CCN(c3ccc(F)c(F)c3)C2)c1. The minimum Gasteiger partial charge on any atom is -0.494 e. The highest BCUT2D eigenvalue weighted by molar-refractivity contribution is 5.94. The summed E-state index contributed by atoms with van der Waals surface area (Å²) in [5, 5.41) is 3.09. The van der Waals surface area contributed by atoms with Crippen molar-refractivity contribution in [3.63, 3.8) is 0 Å². The zero-order valence-corrected chi connectivity index (χ0v) is 17.3. The van der Waals surface area contributed by atoms with Gasteiger partial charge in [-0.15, -0.1) is 0 Å². The summed E-state index contributed by atoms with van der Waals surface area (Å²) in [6.45, 7) is 6.94. The molecule has 162 valence electrons. The van der Waals surface area contributed by atoms with Crippen molar-refractivity contribution in [3.8, 4) is 11.5 Å². The fourth-order valence-corrected chi connectivity index (χ4v) is 3.45. The summed E-state index contributed by atoms with van der Waals surface area (Å²) in [7, 11) is 0. The molecule has 0 bridgehead atoms. The fourth-order valence-electron chi connectivity index (χ4n) is 3.45. The highest BCUT2D eigenvalue weighted by Crippen LogP contribution is 2.29. The third-order valence-electron chi connectivity index (χ3n) is 4.90. The number of hydrogen-bond donors (Lipinski definition) is 2. The normalized spacial score (nSPS) is 16.6. The van der Waals surface area contributed by atoms with Gasteiger partial charge in [0, 0.05) is 37.5 Å². The molecule has 0 radical (unpaired) electrons. The molecule has 1 aliphatic heterocycles. The van der Waals surface area contributed by atoms with E-state index in [1.54, 1.807) is 6.07 Å². The standard InChI is InChI=1S/C22H28F2N4O2/c1-3-29-17-6-8-21(30-4-2)20(12-17)27-22(25)26-13-15-9-10-28(14-15)16-5-7-18(23)19(24)11-16/h5-8,11-12,15H,3-4,9-10,13-14H2,1-2H3,(H3,25,26,27). The monoisotopic (exact) mass is 418 g/mol. The fraction of sp³-hybridized carbons (Fsp3) is 0.409. The van der Waals surface area contributed by atoms with Gasteiger partial charge in [-0.2, -0.15) is 0 Å². The van der Waals surface area contributed by atoms with Crippen molar-refractivity contribution in [3.05, 3.63) is 48.0 Å². The lowest BCUT2D eigenvalue weighted by atomic mass is 10.1. The molecule has 0 saturated carbocycles. The molecule has 1 aliphatic rings. The maximum Gasteiger partial charge on any atom is 0.193 e. The van der Waals surface area contributed by atoms with Gasteiger partial charge < -0.3 is 25.4 Å². The smallest absolute Gasteiger partial charge is 0.193 e. The molecule has 1 saturated heterocycles. The molecule has 0 aliphatic carbocycles. The van der Waals surface area contributed by atoms with E-state index in [-0.39, 0.29) is 11.9 Å². The van der Waals surface area contributed by atoms with Crippen LogP contribution in [-0.2, 0) is 0 Å². The van der Waals surface area contributed by atoms with Gasteiger partial charge in [-0.25, -0.2) is 8.78 Å². The number of nitrogens with two attached hydrogens (primary N) is 1. The van der Waals surface area contributed by atoms with Crippen LogP contribution in [0.2, 0.25) is 0 Å². The summed E-state index contributed by atoms with van der Waals surface area (Å²) in [6.07, 6.45) is 0.903. The summed E-state index contributed by atoms with van der Waals surface area (Å²) in [6, 6.07) is 9.50. The van der Waals surface area contributed by atoms with Gasteiger partial charge in [0.1, 0.15) is 11.5 Å². The van der Waals surface area contributed by atoms with E-state index in [2.05, 4.69) is 10.3 Å². The third-order valence-corrected chi connectivity index (χ3v) is 4.90.